The van der Waals surface area contributed by atoms with E-state index in [4.69, 9.17) is 0 Å². The van der Waals surface area contributed by atoms with Crippen LogP contribution in [0.5, 0.6) is 0 Å². The summed E-state index contributed by atoms with van der Waals surface area (Å²) in [7, 11) is 1.10. The Bertz CT molecular complexity index is 814. The van der Waals surface area contributed by atoms with E-state index in [0.717, 1.165) is 49.7 Å². The number of amides is 1. The Morgan fingerprint density at radius 1 is 0.971 bits per heavy atom. The quantitative estimate of drug-likeness (QED) is 0.229. The third-order valence-electron chi connectivity index (χ3n) is 5.49. The van der Waals surface area contributed by atoms with Crippen LogP contribution in [-0.4, -0.2) is 48.3 Å². The Balaban J connectivity index is 0. The van der Waals surface area contributed by atoms with Gasteiger partial charge in [-0.2, -0.15) is 0 Å². The SMILES string of the molecule is CCCCCCCCCC(C)(C)C(=O)Nc1cc2c(c(NS(C)(=O)=O)c1)NCC2.CN.CN.CN. The van der Waals surface area contributed by atoms with Gasteiger partial charge in [-0.3, -0.25) is 9.52 Å². The molecule has 1 aliphatic rings. The molecule has 0 fully saturated rings. The molecule has 1 aromatic carbocycles. The molecule has 10 heteroatoms. The number of benzene rings is 1. The highest BCUT2D eigenvalue weighted by molar-refractivity contribution is 7.92. The maximum Gasteiger partial charge on any atom is 0.230 e. The van der Waals surface area contributed by atoms with Gasteiger partial charge in [0.25, 0.3) is 0 Å². The minimum absolute atomic E-state index is 0.0281. The van der Waals surface area contributed by atoms with Crippen LogP contribution in [0.2, 0.25) is 0 Å². The second-order valence-electron chi connectivity index (χ2n) is 8.82. The number of hydrogen-bond acceptors (Lipinski definition) is 7. The van der Waals surface area contributed by atoms with Crippen molar-refractivity contribution in [3.05, 3.63) is 17.7 Å². The van der Waals surface area contributed by atoms with E-state index < -0.39 is 15.4 Å². The van der Waals surface area contributed by atoms with Gasteiger partial charge in [0.1, 0.15) is 0 Å². The molecule has 1 aromatic rings. The smallest absolute Gasteiger partial charge is 0.230 e. The summed E-state index contributed by atoms with van der Waals surface area (Å²) < 4.78 is 25.9. The topological polar surface area (TPSA) is 165 Å². The fourth-order valence-electron chi connectivity index (χ4n) is 3.72. The van der Waals surface area contributed by atoms with E-state index in [1.165, 1.54) is 53.2 Å². The van der Waals surface area contributed by atoms with Crippen molar-refractivity contribution in [3.63, 3.8) is 0 Å². The molecule has 0 bridgehead atoms. The lowest BCUT2D eigenvalue weighted by atomic mass is 9.85. The van der Waals surface area contributed by atoms with Crippen LogP contribution in [0.4, 0.5) is 17.1 Å². The third kappa shape index (κ3) is 14.3. The molecule has 9 nitrogen and oxygen atoms in total. The van der Waals surface area contributed by atoms with Crippen molar-refractivity contribution in [2.45, 2.75) is 78.6 Å². The monoisotopic (exact) mass is 516 g/mol. The van der Waals surface area contributed by atoms with Gasteiger partial charge in [0, 0.05) is 17.6 Å². The first-order valence-corrected chi connectivity index (χ1v) is 14.4. The standard InChI is InChI=1S/C22H37N3O3S.3CH5N/c1-5-6-7-8-9-10-11-13-22(2,3)21(26)24-18-15-17-12-14-23-20(17)19(16-18)25-29(4,27)28;3*1-2/h15-16,23,25H,5-14H2,1-4H3,(H,24,26);3*2H2,1H3. The van der Waals surface area contributed by atoms with E-state index in [1.807, 2.05) is 19.9 Å². The summed E-state index contributed by atoms with van der Waals surface area (Å²) in [5, 5.41) is 6.22. The van der Waals surface area contributed by atoms with Gasteiger partial charge in [0.05, 0.1) is 17.6 Å². The molecule has 35 heavy (non-hydrogen) atoms. The summed E-state index contributed by atoms with van der Waals surface area (Å²) in [6.07, 6.45) is 11.4. The Morgan fingerprint density at radius 3 is 2.06 bits per heavy atom. The minimum atomic E-state index is -3.40. The number of carbonyl (C=O) groups excluding carboxylic acids is 1. The summed E-state index contributed by atoms with van der Waals surface area (Å²) in [6, 6.07) is 3.63. The summed E-state index contributed by atoms with van der Waals surface area (Å²) >= 11 is 0. The summed E-state index contributed by atoms with van der Waals surface area (Å²) in [5.41, 5.74) is 16.0. The average Bonchev–Trinajstić information content (AvgIpc) is 3.30. The van der Waals surface area contributed by atoms with Crippen molar-refractivity contribution < 1.29 is 13.2 Å². The van der Waals surface area contributed by atoms with Crippen LogP contribution in [0, 0.1) is 5.41 Å². The van der Waals surface area contributed by atoms with Crippen LogP contribution < -0.4 is 32.6 Å². The molecule has 0 unspecified atom stereocenters. The number of fused-ring (bicyclic) bond motifs is 1. The maximum absolute atomic E-state index is 12.9. The van der Waals surface area contributed by atoms with Crippen molar-refractivity contribution in [1.82, 2.24) is 0 Å². The fourth-order valence-corrected chi connectivity index (χ4v) is 4.28. The fraction of sp³-hybridized carbons (Fsp3) is 0.720. The molecule has 0 aliphatic carbocycles. The van der Waals surface area contributed by atoms with Crippen LogP contribution in [0.1, 0.15) is 77.7 Å². The summed E-state index contributed by atoms with van der Waals surface area (Å²) in [4.78, 5) is 12.9. The molecule has 9 N–H and O–H groups in total. The second-order valence-corrected chi connectivity index (χ2v) is 10.6. The normalized spacial score (nSPS) is 11.8. The Morgan fingerprint density at radius 2 is 1.51 bits per heavy atom. The molecule has 1 heterocycles. The van der Waals surface area contributed by atoms with Gasteiger partial charge < -0.3 is 27.8 Å². The van der Waals surface area contributed by atoms with E-state index >= 15 is 0 Å². The van der Waals surface area contributed by atoms with E-state index in [0.29, 0.717) is 11.4 Å². The number of unbranched alkanes of at least 4 members (excludes halogenated alkanes) is 6. The van der Waals surface area contributed by atoms with Crippen molar-refractivity contribution in [1.29, 1.82) is 0 Å². The largest absolute Gasteiger partial charge is 0.383 e. The van der Waals surface area contributed by atoms with E-state index in [1.54, 1.807) is 6.07 Å². The lowest BCUT2D eigenvalue weighted by Gasteiger charge is -2.24. The van der Waals surface area contributed by atoms with Crippen molar-refractivity contribution in [3.8, 4) is 0 Å². The minimum Gasteiger partial charge on any atom is -0.383 e. The van der Waals surface area contributed by atoms with Crippen molar-refractivity contribution in [2.24, 2.45) is 22.6 Å². The van der Waals surface area contributed by atoms with E-state index in [-0.39, 0.29) is 5.91 Å². The van der Waals surface area contributed by atoms with Crippen molar-refractivity contribution in [2.75, 3.05) is 49.3 Å². The molecular weight excluding hydrogens is 464 g/mol. The first kappa shape index (κ1) is 35.3. The molecule has 1 aliphatic heterocycles. The number of nitrogens with two attached hydrogens (primary N) is 3. The van der Waals surface area contributed by atoms with Crippen LogP contribution in [0.25, 0.3) is 0 Å². The Hall–Kier alpha value is -1.88. The molecule has 0 saturated carbocycles. The zero-order valence-corrected chi connectivity index (χ0v) is 23.9. The average molecular weight is 517 g/mol. The van der Waals surface area contributed by atoms with Gasteiger partial charge in [-0.15, -0.1) is 0 Å². The maximum atomic E-state index is 12.9. The van der Waals surface area contributed by atoms with Gasteiger partial charge in [-0.1, -0.05) is 65.7 Å². The zero-order valence-electron chi connectivity index (χ0n) is 23.1. The number of hydrogen-bond donors (Lipinski definition) is 6. The number of rotatable bonds is 12. The van der Waals surface area contributed by atoms with Crippen LogP contribution >= 0.6 is 0 Å². The van der Waals surface area contributed by atoms with Crippen LogP contribution in [0.15, 0.2) is 12.1 Å². The molecule has 0 atom stereocenters. The molecule has 1 amide bonds. The van der Waals surface area contributed by atoms with Crippen molar-refractivity contribution >= 4 is 33.0 Å². The molecular formula is C25H52N6O3S. The molecule has 0 radical (unpaired) electrons. The molecule has 2 rings (SSSR count). The zero-order chi connectivity index (χ0) is 27.5. The molecule has 0 saturated heterocycles. The highest BCUT2D eigenvalue weighted by Gasteiger charge is 2.28. The summed E-state index contributed by atoms with van der Waals surface area (Å²) in [6.45, 7) is 6.93. The van der Waals surface area contributed by atoms with Gasteiger partial charge in [0.15, 0.2) is 0 Å². The highest BCUT2D eigenvalue weighted by atomic mass is 32.2. The number of carbonyl (C=O) groups is 1. The lowest BCUT2D eigenvalue weighted by Crippen LogP contribution is -2.30. The van der Waals surface area contributed by atoms with Gasteiger partial charge >= 0.3 is 0 Å². The molecule has 206 valence electrons. The number of sulfonamides is 1. The van der Waals surface area contributed by atoms with Gasteiger partial charge in [0.2, 0.25) is 15.9 Å². The Kier molecular flexibility index (Phi) is 19.5. The van der Waals surface area contributed by atoms with E-state index in [2.05, 4.69) is 39.5 Å². The number of nitrogens with one attached hydrogen (secondary N) is 3. The van der Waals surface area contributed by atoms with Crippen LogP contribution in [0.3, 0.4) is 0 Å². The molecule has 0 aromatic heterocycles. The van der Waals surface area contributed by atoms with Gasteiger partial charge in [-0.05, 0) is 51.7 Å². The van der Waals surface area contributed by atoms with Gasteiger partial charge in [-0.25, -0.2) is 8.42 Å². The van der Waals surface area contributed by atoms with E-state index in [9.17, 15) is 13.2 Å². The predicted octanol–water partition coefficient (Wildman–Crippen LogP) is 3.86. The second kappa shape index (κ2) is 19.3. The third-order valence-corrected chi connectivity index (χ3v) is 6.08. The lowest BCUT2D eigenvalue weighted by molar-refractivity contribution is -0.124. The first-order valence-electron chi connectivity index (χ1n) is 12.6. The predicted molar refractivity (Wildman–Crippen MR) is 152 cm³/mol. The summed E-state index contributed by atoms with van der Waals surface area (Å²) in [5.74, 6) is -0.0281. The van der Waals surface area contributed by atoms with Crippen LogP contribution in [-0.2, 0) is 21.2 Å². The molecule has 0 spiro atoms. The first-order chi connectivity index (χ1) is 16.6. The Labute approximate surface area is 214 Å². The number of anilines is 3. The highest BCUT2D eigenvalue weighted by Crippen LogP contribution is 2.36.